The standard InChI is InChI=1S/C22H18N4O2/c1-13-8-17(15-4-3-5-16(9-15)21(27)28)10-18-11-24-22(26-20(13)18)25-19-7-6-14(2)23-12-19/h3-12H,1-2H3,(H,27,28)(H,24,25,26). The van der Waals surface area contributed by atoms with Gasteiger partial charge in [-0.3, -0.25) is 4.98 Å². The van der Waals surface area contributed by atoms with Crippen molar-refractivity contribution < 1.29 is 9.90 Å². The van der Waals surface area contributed by atoms with Gasteiger partial charge in [0.05, 0.1) is 23.0 Å². The van der Waals surface area contributed by atoms with Gasteiger partial charge in [0.1, 0.15) is 0 Å². The van der Waals surface area contributed by atoms with Crippen molar-refractivity contribution in [3.63, 3.8) is 0 Å². The van der Waals surface area contributed by atoms with Gasteiger partial charge in [0.15, 0.2) is 0 Å². The van der Waals surface area contributed by atoms with Gasteiger partial charge in [-0.25, -0.2) is 14.8 Å². The number of rotatable bonds is 4. The van der Waals surface area contributed by atoms with Crippen LogP contribution in [0.5, 0.6) is 0 Å². The lowest BCUT2D eigenvalue weighted by Gasteiger charge is -2.10. The molecule has 4 rings (SSSR count). The number of carboxylic acids is 1. The summed E-state index contributed by atoms with van der Waals surface area (Å²) in [6, 6.07) is 14.7. The average Bonchev–Trinajstić information content (AvgIpc) is 2.70. The Kier molecular flexibility index (Phi) is 4.45. The highest BCUT2D eigenvalue weighted by Gasteiger charge is 2.09. The van der Waals surface area contributed by atoms with Gasteiger partial charge in [0, 0.05) is 17.3 Å². The maximum atomic E-state index is 11.2. The van der Waals surface area contributed by atoms with Crippen LogP contribution in [0, 0.1) is 13.8 Å². The number of hydrogen-bond acceptors (Lipinski definition) is 5. The Morgan fingerprint density at radius 2 is 1.82 bits per heavy atom. The van der Waals surface area contributed by atoms with E-state index in [1.165, 1.54) is 0 Å². The van der Waals surface area contributed by atoms with Crippen LogP contribution in [0.25, 0.3) is 22.0 Å². The molecule has 0 bridgehead atoms. The van der Waals surface area contributed by atoms with Crippen molar-refractivity contribution in [1.82, 2.24) is 15.0 Å². The molecule has 0 aliphatic carbocycles. The van der Waals surface area contributed by atoms with Crippen molar-refractivity contribution in [2.24, 2.45) is 0 Å². The van der Waals surface area contributed by atoms with Gasteiger partial charge in [-0.1, -0.05) is 12.1 Å². The summed E-state index contributed by atoms with van der Waals surface area (Å²) in [6.07, 6.45) is 3.51. The number of aryl methyl sites for hydroxylation is 2. The van der Waals surface area contributed by atoms with Crippen LogP contribution in [0.1, 0.15) is 21.6 Å². The van der Waals surface area contributed by atoms with Crippen molar-refractivity contribution >= 4 is 28.5 Å². The van der Waals surface area contributed by atoms with Crippen LogP contribution in [-0.2, 0) is 0 Å². The minimum absolute atomic E-state index is 0.262. The predicted molar refractivity (Wildman–Crippen MR) is 109 cm³/mol. The van der Waals surface area contributed by atoms with E-state index in [-0.39, 0.29) is 5.56 Å². The lowest BCUT2D eigenvalue weighted by Crippen LogP contribution is -1.99. The van der Waals surface area contributed by atoms with Gasteiger partial charge in [-0.15, -0.1) is 0 Å². The van der Waals surface area contributed by atoms with Gasteiger partial charge in [0.25, 0.3) is 0 Å². The Balaban J connectivity index is 1.71. The number of pyridine rings is 1. The summed E-state index contributed by atoms with van der Waals surface area (Å²) in [5, 5.41) is 13.3. The molecule has 0 spiro atoms. The number of aromatic carboxylic acids is 1. The number of nitrogens with one attached hydrogen (secondary N) is 1. The van der Waals surface area contributed by atoms with Gasteiger partial charge < -0.3 is 10.4 Å². The Morgan fingerprint density at radius 3 is 2.57 bits per heavy atom. The molecule has 2 aromatic heterocycles. The number of carbonyl (C=O) groups is 1. The second kappa shape index (κ2) is 7.08. The fourth-order valence-electron chi connectivity index (χ4n) is 3.05. The smallest absolute Gasteiger partial charge is 0.335 e. The quantitative estimate of drug-likeness (QED) is 0.539. The summed E-state index contributed by atoms with van der Waals surface area (Å²) in [5.74, 6) is -0.439. The number of fused-ring (bicyclic) bond motifs is 1. The Hall–Kier alpha value is -3.80. The Bertz CT molecular complexity index is 1190. The summed E-state index contributed by atoms with van der Waals surface area (Å²) in [6.45, 7) is 3.92. The van der Waals surface area contributed by atoms with E-state index in [0.717, 1.165) is 39.0 Å². The molecule has 0 aliphatic rings. The fraction of sp³-hybridized carbons (Fsp3) is 0.0909. The van der Waals surface area contributed by atoms with Crippen LogP contribution in [-0.4, -0.2) is 26.0 Å². The van der Waals surface area contributed by atoms with Crippen LogP contribution < -0.4 is 5.32 Å². The summed E-state index contributed by atoms with van der Waals surface area (Å²) >= 11 is 0. The highest BCUT2D eigenvalue weighted by atomic mass is 16.4. The second-order valence-corrected chi connectivity index (χ2v) is 6.62. The van der Waals surface area contributed by atoms with E-state index < -0.39 is 5.97 Å². The lowest BCUT2D eigenvalue weighted by molar-refractivity contribution is 0.0697. The molecule has 0 aliphatic heterocycles. The first-order valence-corrected chi connectivity index (χ1v) is 8.80. The van der Waals surface area contributed by atoms with E-state index in [2.05, 4.69) is 20.3 Å². The molecule has 6 nitrogen and oxygen atoms in total. The van der Waals surface area contributed by atoms with E-state index in [0.29, 0.717) is 5.95 Å². The van der Waals surface area contributed by atoms with E-state index in [1.54, 1.807) is 30.6 Å². The van der Waals surface area contributed by atoms with Crippen molar-refractivity contribution in [2.45, 2.75) is 13.8 Å². The number of aromatic nitrogens is 3. The van der Waals surface area contributed by atoms with Crippen molar-refractivity contribution in [3.05, 3.63) is 77.7 Å². The largest absolute Gasteiger partial charge is 0.478 e. The Labute approximate surface area is 161 Å². The predicted octanol–water partition coefficient (Wildman–Crippen LogP) is 4.75. The van der Waals surface area contributed by atoms with E-state index >= 15 is 0 Å². The molecule has 0 radical (unpaired) electrons. The molecule has 6 heteroatoms. The Morgan fingerprint density at radius 1 is 0.964 bits per heavy atom. The number of carboxylic acid groups (broad SMARTS) is 1. The highest BCUT2D eigenvalue weighted by molar-refractivity contribution is 5.91. The molecule has 138 valence electrons. The van der Waals surface area contributed by atoms with Gasteiger partial charge >= 0.3 is 5.97 Å². The van der Waals surface area contributed by atoms with Crippen LogP contribution >= 0.6 is 0 Å². The molecule has 2 aromatic carbocycles. The van der Waals surface area contributed by atoms with Gasteiger partial charge in [0.2, 0.25) is 5.95 Å². The third kappa shape index (κ3) is 3.53. The first-order valence-electron chi connectivity index (χ1n) is 8.80. The van der Waals surface area contributed by atoms with Crippen LogP contribution in [0.4, 0.5) is 11.6 Å². The molecule has 28 heavy (non-hydrogen) atoms. The molecular formula is C22H18N4O2. The van der Waals surface area contributed by atoms with Crippen molar-refractivity contribution in [3.8, 4) is 11.1 Å². The maximum absolute atomic E-state index is 11.2. The summed E-state index contributed by atoms with van der Waals surface area (Å²) < 4.78 is 0. The van der Waals surface area contributed by atoms with Gasteiger partial charge in [-0.05, 0) is 66.9 Å². The fourth-order valence-corrected chi connectivity index (χ4v) is 3.05. The molecular weight excluding hydrogens is 352 g/mol. The van der Waals surface area contributed by atoms with E-state index in [4.69, 9.17) is 0 Å². The summed E-state index contributed by atoms with van der Waals surface area (Å²) in [4.78, 5) is 24.5. The topological polar surface area (TPSA) is 88.0 Å². The first-order chi connectivity index (χ1) is 13.5. The molecule has 4 aromatic rings. The number of anilines is 2. The number of hydrogen-bond donors (Lipinski definition) is 2. The number of nitrogens with zero attached hydrogens (tertiary/aromatic N) is 3. The van der Waals surface area contributed by atoms with Gasteiger partial charge in [-0.2, -0.15) is 0 Å². The van der Waals surface area contributed by atoms with E-state index in [9.17, 15) is 9.90 Å². The number of benzene rings is 2. The third-order valence-corrected chi connectivity index (χ3v) is 4.48. The van der Waals surface area contributed by atoms with Crippen LogP contribution in [0.2, 0.25) is 0 Å². The average molecular weight is 370 g/mol. The van der Waals surface area contributed by atoms with E-state index in [1.807, 2.05) is 44.2 Å². The third-order valence-electron chi connectivity index (χ3n) is 4.48. The normalized spacial score (nSPS) is 10.8. The minimum Gasteiger partial charge on any atom is -0.478 e. The van der Waals surface area contributed by atoms with Crippen molar-refractivity contribution in [1.29, 1.82) is 0 Å². The molecule has 0 saturated heterocycles. The SMILES string of the molecule is Cc1ccc(Nc2ncc3cc(-c4cccc(C(=O)O)c4)cc(C)c3n2)cn1. The second-order valence-electron chi connectivity index (χ2n) is 6.62. The molecule has 2 heterocycles. The van der Waals surface area contributed by atoms with Crippen molar-refractivity contribution in [2.75, 3.05) is 5.32 Å². The summed E-state index contributed by atoms with van der Waals surface area (Å²) in [7, 11) is 0. The molecule has 0 atom stereocenters. The zero-order valence-electron chi connectivity index (χ0n) is 15.5. The molecule has 0 amide bonds. The molecule has 0 fully saturated rings. The van der Waals surface area contributed by atoms with Crippen LogP contribution in [0.15, 0.2) is 60.9 Å². The molecule has 2 N–H and O–H groups in total. The molecule has 0 unspecified atom stereocenters. The lowest BCUT2D eigenvalue weighted by atomic mass is 9.99. The minimum atomic E-state index is -0.941. The zero-order valence-corrected chi connectivity index (χ0v) is 15.5. The monoisotopic (exact) mass is 370 g/mol. The van der Waals surface area contributed by atoms with Crippen LogP contribution in [0.3, 0.4) is 0 Å². The highest BCUT2D eigenvalue weighted by Crippen LogP contribution is 2.28. The maximum Gasteiger partial charge on any atom is 0.335 e. The zero-order chi connectivity index (χ0) is 19.7. The summed E-state index contributed by atoms with van der Waals surface area (Å²) in [5.41, 5.74) is 5.64. The molecule has 0 saturated carbocycles. The first kappa shape index (κ1) is 17.6.